The lowest BCUT2D eigenvalue weighted by Gasteiger charge is -2.01. The van der Waals surface area contributed by atoms with Gasteiger partial charge in [-0.2, -0.15) is 0 Å². The molecule has 0 heterocycles. The summed E-state index contributed by atoms with van der Waals surface area (Å²) in [6.07, 6.45) is 7.00. The van der Waals surface area contributed by atoms with Crippen molar-refractivity contribution < 1.29 is 9.90 Å². The first-order valence-corrected chi connectivity index (χ1v) is 5.63. The monoisotopic (exact) mass is 218 g/mol. The average Bonchev–Trinajstić information content (AvgIpc) is 2.30. The van der Waals surface area contributed by atoms with Gasteiger partial charge in [0, 0.05) is 6.42 Å². The Morgan fingerprint density at radius 2 is 1.88 bits per heavy atom. The fourth-order valence-corrected chi connectivity index (χ4v) is 1.47. The second kappa shape index (κ2) is 7.83. The normalized spacial score (nSPS) is 12.8. The van der Waals surface area contributed by atoms with Crippen LogP contribution in [0.15, 0.2) is 42.5 Å². The zero-order valence-corrected chi connectivity index (χ0v) is 9.38. The zero-order chi connectivity index (χ0) is 11.6. The minimum absolute atomic E-state index is 0.225. The molecule has 1 rings (SSSR count). The first kappa shape index (κ1) is 12.7. The summed E-state index contributed by atoms with van der Waals surface area (Å²) < 4.78 is 0. The molecule has 0 aliphatic rings. The minimum Gasteiger partial charge on any atom is -0.392 e. The van der Waals surface area contributed by atoms with Gasteiger partial charge in [-0.25, -0.2) is 0 Å². The van der Waals surface area contributed by atoms with Gasteiger partial charge >= 0.3 is 0 Å². The Morgan fingerprint density at radius 1 is 1.12 bits per heavy atom. The van der Waals surface area contributed by atoms with E-state index in [0.717, 1.165) is 19.1 Å². The third kappa shape index (κ3) is 5.47. The van der Waals surface area contributed by atoms with Crippen LogP contribution in [-0.2, 0) is 11.2 Å². The van der Waals surface area contributed by atoms with Gasteiger partial charge in [-0.15, -0.1) is 0 Å². The van der Waals surface area contributed by atoms with Crippen LogP contribution in [0.4, 0.5) is 0 Å². The molecule has 1 aromatic rings. The van der Waals surface area contributed by atoms with Gasteiger partial charge in [-0.05, 0) is 24.8 Å². The quantitative estimate of drug-likeness (QED) is 0.564. The van der Waals surface area contributed by atoms with E-state index in [9.17, 15) is 9.90 Å². The number of carbonyl (C=O) groups is 1. The number of hydrogen-bond acceptors (Lipinski definition) is 2. The number of rotatable bonds is 7. The second-order valence-electron chi connectivity index (χ2n) is 3.79. The number of allylic oxidation sites excluding steroid dienone is 1. The van der Waals surface area contributed by atoms with Gasteiger partial charge in [-0.1, -0.05) is 42.5 Å². The molecule has 2 heteroatoms. The van der Waals surface area contributed by atoms with E-state index < -0.39 is 6.10 Å². The van der Waals surface area contributed by atoms with Crippen LogP contribution in [0.2, 0.25) is 0 Å². The smallest absolute Gasteiger partial charge is 0.122 e. The summed E-state index contributed by atoms with van der Waals surface area (Å²) in [5.41, 5.74) is 1.32. The maximum atomic E-state index is 10.1. The predicted molar refractivity (Wildman–Crippen MR) is 65.2 cm³/mol. The van der Waals surface area contributed by atoms with Crippen LogP contribution < -0.4 is 0 Å². The molecular weight excluding hydrogens is 200 g/mol. The lowest BCUT2D eigenvalue weighted by molar-refractivity contribution is -0.109. The highest BCUT2D eigenvalue weighted by Crippen LogP contribution is 2.04. The maximum absolute atomic E-state index is 10.1. The Hall–Kier alpha value is -1.41. The maximum Gasteiger partial charge on any atom is 0.122 e. The molecule has 0 amide bonds. The molecule has 0 aromatic heterocycles. The molecule has 1 N–H and O–H groups in total. The summed E-state index contributed by atoms with van der Waals surface area (Å²) >= 11 is 0. The lowest BCUT2D eigenvalue weighted by Crippen LogP contribution is -2.04. The second-order valence-corrected chi connectivity index (χ2v) is 3.79. The van der Waals surface area contributed by atoms with Crippen LogP contribution in [0.25, 0.3) is 0 Å². The summed E-state index contributed by atoms with van der Waals surface area (Å²) in [7, 11) is 0. The van der Waals surface area contributed by atoms with Gasteiger partial charge in [0.1, 0.15) is 6.29 Å². The molecule has 0 fully saturated rings. The fraction of sp³-hybridized carbons (Fsp3) is 0.357. The minimum atomic E-state index is -0.523. The summed E-state index contributed by atoms with van der Waals surface area (Å²) in [5.74, 6) is 0. The van der Waals surface area contributed by atoms with Crippen molar-refractivity contribution in [3.8, 4) is 0 Å². The van der Waals surface area contributed by atoms with Crippen molar-refractivity contribution in [2.45, 2.75) is 31.8 Å². The third-order valence-corrected chi connectivity index (χ3v) is 2.39. The Bertz CT molecular complexity index is 317. The molecule has 0 bridgehead atoms. The number of benzene rings is 1. The predicted octanol–water partition coefficient (Wildman–Crippen LogP) is 2.52. The average molecular weight is 218 g/mol. The molecule has 2 nitrogen and oxygen atoms in total. The Labute approximate surface area is 96.6 Å². The number of carbonyl (C=O) groups excluding carboxylic acids is 1. The molecular formula is C14H18O2. The fourth-order valence-electron chi connectivity index (χ4n) is 1.47. The van der Waals surface area contributed by atoms with Crippen LogP contribution in [0.5, 0.6) is 0 Å². The van der Waals surface area contributed by atoms with Crippen molar-refractivity contribution in [1.82, 2.24) is 0 Å². The topological polar surface area (TPSA) is 37.3 Å². The summed E-state index contributed by atoms with van der Waals surface area (Å²) in [6.45, 7) is 0. The lowest BCUT2D eigenvalue weighted by atomic mass is 10.1. The SMILES string of the molecule is O=CCC(O)C/C=C/CCc1ccccc1. The van der Waals surface area contributed by atoms with Crippen LogP contribution in [0, 0.1) is 0 Å². The van der Waals surface area contributed by atoms with E-state index >= 15 is 0 Å². The van der Waals surface area contributed by atoms with Crippen molar-refractivity contribution in [2.75, 3.05) is 0 Å². The van der Waals surface area contributed by atoms with Crippen molar-refractivity contribution >= 4 is 6.29 Å². The van der Waals surface area contributed by atoms with Crippen LogP contribution >= 0.6 is 0 Å². The van der Waals surface area contributed by atoms with E-state index in [4.69, 9.17) is 0 Å². The van der Waals surface area contributed by atoms with Crippen LogP contribution in [0.3, 0.4) is 0 Å². The number of aliphatic hydroxyl groups excluding tert-OH is 1. The Balaban J connectivity index is 2.15. The molecule has 0 radical (unpaired) electrons. The molecule has 1 aromatic carbocycles. The molecule has 0 aliphatic carbocycles. The highest BCUT2D eigenvalue weighted by atomic mass is 16.3. The number of aliphatic hydroxyl groups is 1. The van der Waals surface area contributed by atoms with Crippen molar-refractivity contribution in [1.29, 1.82) is 0 Å². The number of aryl methyl sites for hydroxylation is 1. The van der Waals surface area contributed by atoms with Crippen LogP contribution in [0.1, 0.15) is 24.8 Å². The molecule has 1 atom stereocenters. The van der Waals surface area contributed by atoms with Gasteiger partial charge in [0.25, 0.3) is 0 Å². The van der Waals surface area contributed by atoms with Gasteiger partial charge in [-0.3, -0.25) is 0 Å². The highest BCUT2D eigenvalue weighted by Gasteiger charge is 1.98. The molecule has 0 spiro atoms. The number of aldehydes is 1. The summed E-state index contributed by atoms with van der Waals surface area (Å²) in [4.78, 5) is 10.1. The van der Waals surface area contributed by atoms with Crippen molar-refractivity contribution in [2.24, 2.45) is 0 Å². The largest absolute Gasteiger partial charge is 0.392 e. The first-order chi connectivity index (χ1) is 7.83. The summed E-state index contributed by atoms with van der Waals surface area (Å²) in [6, 6.07) is 10.3. The van der Waals surface area contributed by atoms with E-state index in [1.54, 1.807) is 0 Å². The standard InChI is InChI=1S/C14H18O2/c15-12-11-14(16)10-6-2-5-9-13-7-3-1-4-8-13/h1-4,6-8,12,14,16H,5,9-11H2/b6-2+. The third-order valence-electron chi connectivity index (χ3n) is 2.39. The van der Waals surface area contributed by atoms with E-state index in [1.165, 1.54) is 5.56 Å². The van der Waals surface area contributed by atoms with Crippen molar-refractivity contribution in [3.05, 3.63) is 48.0 Å². The van der Waals surface area contributed by atoms with Gasteiger partial charge in [0.2, 0.25) is 0 Å². The molecule has 0 saturated carbocycles. The Morgan fingerprint density at radius 3 is 2.56 bits per heavy atom. The summed E-state index contributed by atoms with van der Waals surface area (Å²) in [5, 5.41) is 9.28. The zero-order valence-electron chi connectivity index (χ0n) is 9.38. The molecule has 16 heavy (non-hydrogen) atoms. The molecule has 0 aliphatic heterocycles. The van der Waals surface area contributed by atoms with E-state index in [0.29, 0.717) is 6.42 Å². The van der Waals surface area contributed by atoms with Gasteiger partial charge in [0.15, 0.2) is 0 Å². The van der Waals surface area contributed by atoms with Crippen LogP contribution in [-0.4, -0.2) is 17.5 Å². The van der Waals surface area contributed by atoms with E-state index in [1.807, 2.05) is 24.3 Å². The van der Waals surface area contributed by atoms with Gasteiger partial charge in [0.05, 0.1) is 6.10 Å². The van der Waals surface area contributed by atoms with E-state index in [2.05, 4.69) is 18.2 Å². The van der Waals surface area contributed by atoms with Crippen molar-refractivity contribution in [3.63, 3.8) is 0 Å². The molecule has 86 valence electrons. The molecule has 0 saturated heterocycles. The Kier molecular flexibility index (Phi) is 6.19. The van der Waals surface area contributed by atoms with E-state index in [-0.39, 0.29) is 6.42 Å². The van der Waals surface area contributed by atoms with Gasteiger partial charge < -0.3 is 9.90 Å². The first-order valence-electron chi connectivity index (χ1n) is 5.63. The molecule has 1 unspecified atom stereocenters. The number of hydrogen-bond donors (Lipinski definition) is 1. The highest BCUT2D eigenvalue weighted by molar-refractivity contribution is 5.50.